The molecule has 0 aliphatic carbocycles. The molecule has 0 atom stereocenters. The molecule has 1 heterocycles. The van der Waals surface area contributed by atoms with Crippen LogP contribution in [0.25, 0.3) is 22.4 Å². The van der Waals surface area contributed by atoms with Crippen molar-refractivity contribution < 1.29 is 9.84 Å². The van der Waals surface area contributed by atoms with Crippen LogP contribution in [0.1, 0.15) is 33.1 Å². The van der Waals surface area contributed by atoms with Crippen molar-refractivity contribution in [1.29, 1.82) is 0 Å². The molecule has 4 heteroatoms. The van der Waals surface area contributed by atoms with E-state index in [0.29, 0.717) is 12.5 Å². The van der Waals surface area contributed by atoms with Gasteiger partial charge < -0.3 is 15.6 Å². The summed E-state index contributed by atoms with van der Waals surface area (Å²) >= 11 is 0. The van der Waals surface area contributed by atoms with E-state index in [-0.39, 0.29) is 12.0 Å². The fourth-order valence-electron chi connectivity index (χ4n) is 3.14. The number of nitrogen functional groups attached to an aromatic ring is 1. The topological polar surface area (TPSA) is 68.4 Å². The van der Waals surface area contributed by atoms with Crippen molar-refractivity contribution in [2.75, 3.05) is 18.9 Å². The molecule has 0 bridgehead atoms. The Bertz CT molecular complexity index is 906. The van der Waals surface area contributed by atoms with E-state index in [0.717, 1.165) is 47.3 Å². The molecule has 0 unspecified atom stereocenters. The minimum absolute atomic E-state index is 0.0339. The van der Waals surface area contributed by atoms with Gasteiger partial charge in [0.15, 0.2) is 0 Å². The minimum atomic E-state index is -0.0339. The molecule has 0 spiro atoms. The van der Waals surface area contributed by atoms with Crippen LogP contribution in [0.5, 0.6) is 5.88 Å². The Kier molecular flexibility index (Phi) is 6.89. The van der Waals surface area contributed by atoms with Gasteiger partial charge >= 0.3 is 0 Å². The fourth-order valence-corrected chi connectivity index (χ4v) is 3.14. The van der Waals surface area contributed by atoms with Gasteiger partial charge in [-0.05, 0) is 54.0 Å². The highest BCUT2D eigenvalue weighted by atomic mass is 16.5. The van der Waals surface area contributed by atoms with Crippen molar-refractivity contribution in [3.8, 4) is 28.3 Å². The van der Waals surface area contributed by atoms with Crippen molar-refractivity contribution in [1.82, 2.24) is 4.98 Å². The van der Waals surface area contributed by atoms with Crippen LogP contribution in [0.3, 0.4) is 0 Å². The van der Waals surface area contributed by atoms with E-state index in [9.17, 15) is 5.11 Å². The Morgan fingerprint density at radius 1 is 0.897 bits per heavy atom. The lowest BCUT2D eigenvalue weighted by Crippen LogP contribution is -2.16. The number of aromatic nitrogens is 1. The number of aliphatic hydroxyl groups excluding tert-OH is 1. The number of nitrogens with two attached hydrogens (primary N) is 1. The Balaban J connectivity index is 1.77. The maximum atomic E-state index is 9.37. The van der Waals surface area contributed by atoms with Gasteiger partial charge in [0.25, 0.3) is 0 Å². The highest BCUT2D eigenvalue weighted by molar-refractivity contribution is 5.72. The molecule has 1 aromatic heterocycles. The normalized spacial score (nSPS) is 11.4. The second-order valence-corrected chi connectivity index (χ2v) is 8.20. The molecular formula is C25H30N2O2. The monoisotopic (exact) mass is 390 g/mol. The summed E-state index contributed by atoms with van der Waals surface area (Å²) in [5.74, 6) is 0.625. The van der Waals surface area contributed by atoms with E-state index >= 15 is 0 Å². The highest BCUT2D eigenvalue weighted by Crippen LogP contribution is 2.29. The summed E-state index contributed by atoms with van der Waals surface area (Å²) in [6.07, 6.45) is 2.91. The Morgan fingerprint density at radius 2 is 1.62 bits per heavy atom. The number of hydrogen-bond donors (Lipinski definition) is 2. The van der Waals surface area contributed by atoms with Crippen LogP contribution in [-0.4, -0.2) is 23.3 Å². The molecule has 2 aromatic carbocycles. The highest BCUT2D eigenvalue weighted by Gasteiger charge is 2.15. The third-order valence-corrected chi connectivity index (χ3v) is 5.04. The molecule has 3 rings (SSSR count). The second kappa shape index (κ2) is 9.57. The molecule has 0 aliphatic heterocycles. The zero-order valence-corrected chi connectivity index (χ0v) is 17.3. The van der Waals surface area contributed by atoms with E-state index in [1.807, 2.05) is 48.5 Å². The van der Waals surface area contributed by atoms with Gasteiger partial charge in [-0.15, -0.1) is 0 Å². The van der Waals surface area contributed by atoms with E-state index in [2.05, 4.69) is 32.0 Å². The van der Waals surface area contributed by atoms with E-state index in [1.54, 1.807) is 0 Å². The number of rotatable bonds is 9. The van der Waals surface area contributed by atoms with E-state index in [1.165, 1.54) is 0 Å². The molecule has 152 valence electrons. The van der Waals surface area contributed by atoms with Crippen molar-refractivity contribution >= 4 is 5.69 Å². The SMILES string of the molecule is CC(C)(CO)CCCCOc1cc(-c2ccc(N)cc2)cc(-c2ccccc2)n1. The summed E-state index contributed by atoms with van der Waals surface area (Å²) in [4.78, 5) is 4.72. The number of anilines is 1. The van der Waals surface area contributed by atoms with Crippen LogP contribution in [0, 0.1) is 5.41 Å². The summed E-state index contributed by atoms with van der Waals surface area (Å²) in [6.45, 7) is 4.97. The van der Waals surface area contributed by atoms with Gasteiger partial charge in [-0.1, -0.05) is 56.3 Å². The Morgan fingerprint density at radius 3 is 2.31 bits per heavy atom. The van der Waals surface area contributed by atoms with Crippen LogP contribution >= 0.6 is 0 Å². The van der Waals surface area contributed by atoms with Crippen molar-refractivity contribution in [3.63, 3.8) is 0 Å². The summed E-state index contributed by atoms with van der Waals surface area (Å²) < 4.78 is 6.00. The van der Waals surface area contributed by atoms with Crippen LogP contribution in [0.4, 0.5) is 5.69 Å². The summed E-state index contributed by atoms with van der Waals surface area (Å²) in [7, 11) is 0. The smallest absolute Gasteiger partial charge is 0.214 e. The molecule has 4 nitrogen and oxygen atoms in total. The molecule has 3 N–H and O–H groups in total. The molecule has 29 heavy (non-hydrogen) atoms. The van der Waals surface area contributed by atoms with Gasteiger partial charge in [0.2, 0.25) is 5.88 Å². The zero-order chi connectivity index (χ0) is 20.7. The predicted molar refractivity (Wildman–Crippen MR) is 120 cm³/mol. The second-order valence-electron chi connectivity index (χ2n) is 8.20. The number of pyridine rings is 1. The molecular weight excluding hydrogens is 360 g/mol. The molecule has 0 saturated carbocycles. The average molecular weight is 391 g/mol. The third kappa shape index (κ3) is 6.06. The largest absolute Gasteiger partial charge is 0.478 e. The number of ether oxygens (including phenoxy) is 1. The van der Waals surface area contributed by atoms with E-state index < -0.39 is 0 Å². The Labute approximate surface area is 173 Å². The maximum Gasteiger partial charge on any atom is 0.214 e. The van der Waals surface area contributed by atoms with Crippen LogP contribution < -0.4 is 10.5 Å². The molecule has 0 saturated heterocycles. The average Bonchev–Trinajstić information content (AvgIpc) is 2.74. The summed E-state index contributed by atoms with van der Waals surface area (Å²) in [5.41, 5.74) is 10.6. The van der Waals surface area contributed by atoms with Gasteiger partial charge in [0.05, 0.1) is 12.3 Å². The minimum Gasteiger partial charge on any atom is -0.478 e. The van der Waals surface area contributed by atoms with Crippen molar-refractivity contribution in [3.05, 3.63) is 66.7 Å². The first-order chi connectivity index (χ1) is 14.0. The van der Waals surface area contributed by atoms with Crippen LogP contribution in [0.2, 0.25) is 0 Å². The van der Waals surface area contributed by atoms with Crippen LogP contribution in [0.15, 0.2) is 66.7 Å². The first kappa shape index (κ1) is 20.9. The van der Waals surface area contributed by atoms with Gasteiger partial charge in [-0.25, -0.2) is 4.98 Å². The predicted octanol–water partition coefficient (Wildman–Crippen LogP) is 5.57. The lowest BCUT2D eigenvalue weighted by Gasteiger charge is -2.21. The lowest BCUT2D eigenvalue weighted by molar-refractivity contribution is 0.144. The number of benzene rings is 2. The number of nitrogens with zero attached hydrogens (tertiary/aromatic N) is 1. The first-order valence-corrected chi connectivity index (χ1v) is 10.1. The van der Waals surface area contributed by atoms with Gasteiger partial charge in [0, 0.05) is 23.9 Å². The standard InChI is InChI=1S/C25H30N2O2/c1-25(2,18-28)14-6-7-15-29-24-17-21(19-10-12-22(26)13-11-19)16-23(27-24)20-8-4-3-5-9-20/h3-5,8-13,16-17,28H,6-7,14-15,18,26H2,1-2H3. The fraction of sp³-hybridized carbons (Fsp3) is 0.320. The lowest BCUT2D eigenvalue weighted by atomic mass is 9.88. The van der Waals surface area contributed by atoms with Gasteiger partial charge in [-0.3, -0.25) is 0 Å². The first-order valence-electron chi connectivity index (χ1n) is 10.1. The van der Waals surface area contributed by atoms with Gasteiger partial charge in [-0.2, -0.15) is 0 Å². The number of aliphatic hydroxyl groups is 1. The van der Waals surface area contributed by atoms with Crippen molar-refractivity contribution in [2.45, 2.75) is 33.1 Å². The van der Waals surface area contributed by atoms with Crippen LogP contribution in [-0.2, 0) is 0 Å². The molecule has 3 aromatic rings. The summed E-state index contributed by atoms with van der Waals surface area (Å²) in [6, 6.07) is 22.0. The maximum absolute atomic E-state index is 9.37. The van der Waals surface area contributed by atoms with Gasteiger partial charge in [0.1, 0.15) is 0 Å². The van der Waals surface area contributed by atoms with E-state index in [4.69, 9.17) is 15.5 Å². The zero-order valence-electron chi connectivity index (χ0n) is 17.3. The number of unbranched alkanes of at least 4 members (excludes halogenated alkanes) is 1. The molecule has 0 radical (unpaired) electrons. The molecule has 0 aliphatic rings. The third-order valence-electron chi connectivity index (χ3n) is 5.04. The number of hydrogen-bond acceptors (Lipinski definition) is 4. The molecule has 0 amide bonds. The van der Waals surface area contributed by atoms with Crippen molar-refractivity contribution in [2.24, 2.45) is 5.41 Å². The summed E-state index contributed by atoms with van der Waals surface area (Å²) in [5, 5.41) is 9.37. The molecule has 0 fully saturated rings. The quantitative estimate of drug-likeness (QED) is 0.370. The Hall–Kier alpha value is -2.85.